The van der Waals surface area contributed by atoms with Gasteiger partial charge in [-0.2, -0.15) is 4.98 Å². The van der Waals surface area contributed by atoms with Crippen molar-refractivity contribution in [1.29, 1.82) is 0 Å². The minimum absolute atomic E-state index is 0.0273. The number of nitrogen functional groups attached to an aromatic ring is 1. The summed E-state index contributed by atoms with van der Waals surface area (Å²) in [6.07, 6.45) is 3.55. The molecule has 0 radical (unpaired) electrons. The Kier molecular flexibility index (Phi) is 3.21. The maximum absolute atomic E-state index is 11.5. The molecule has 1 aromatic heterocycles. The third kappa shape index (κ3) is 2.23. The standard InChI is InChI=1S/C10H15N3O3/c11-8-3-5-13(10(15)12-8)9-2-1-7(16-9)4-6-14/h3,5,7,9,14H,1-2,4,6H2,(H2,11,12,15)/t7-,9+/m0/s1. The molecule has 88 valence electrons. The predicted molar refractivity (Wildman–Crippen MR) is 57.8 cm³/mol. The fourth-order valence-corrected chi connectivity index (χ4v) is 1.89. The molecule has 0 spiro atoms. The Bertz CT molecular complexity index is 418. The number of nitrogens with two attached hydrogens (primary N) is 1. The van der Waals surface area contributed by atoms with Crippen molar-refractivity contribution in [3.05, 3.63) is 22.7 Å². The second kappa shape index (κ2) is 4.63. The summed E-state index contributed by atoms with van der Waals surface area (Å²) in [5, 5.41) is 8.80. The maximum Gasteiger partial charge on any atom is 0.351 e. The highest BCUT2D eigenvalue weighted by Gasteiger charge is 2.26. The smallest absolute Gasteiger partial charge is 0.351 e. The van der Waals surface area contributed by atoms with Gasteiger partial charge in [-0.15, -0.1) is 0 Å². The molecule has 3 N–H and O–H groups in total. The minimum Gasteiger partial charge on any atom is -0.396 e. The molecule has 6 nitrogen and oxygen atoms in total. The monoisotopic (exact) mass is 225 g/mol. The molecule has 0 unspecified atom stereocenters. The van der Waals surface area contributed by atoms with Crippen LogP contribution in [0.25, 0.3) is 0 Å². The van der Waals surface area contributed by atoms with E-state index < -0.39 is 5.69 Å². The van der Waals surface area contributed by atoms with E-state index in [0.29, 0.717) is 6.42 Å². The molecule has 0 bridgehead atoms. The van der Waals surface area contributed by atoms with E-state index in [0.717, 1.165) is 12.8 Å². The second-order valence-electron chi connectivity index (χ2n) is 3.84. The van der Waals surface area contributed by atoms with Gasteiger partial charge in [0.15, 0.2) is 0 Å². The van der Waals surface area contributed by atoms with Crippen LogP contribution >= 0.6 is 0 Å². The number of ether oxygens (including phenoxy) is 1. The van der Waals surface area contributed by atoms with Gasteiger partial charge in [0, 0.05) is 12.8 Å². The van der Waals surface area contributed by atoms with E-state index >= 15 is 0 Å². The molecular formula is C10H15N3O3. The van der Waals surface area contributed by atoms with Gasteiger partial charge < -0.3 is 15.6 Å². The highest BCUT2D eigenvalue weighted by atomic mass is 16.5. The van der Waals surface area contributed by atoms with Crippen molar-refractivity contribution in [3.8, 4) is 0 Å². The second-order valence-corrected chi connectivity index (χ2v) is 3.84. The van der Waals surface area contributed by atoms with Gasteiger partial charge in [0.1, 0.15) is 12.0 Å². The van der Waals surface area contributed by atoms with E-state index in [-0.39, 0.29) is 24.8 Å². The third-order valence-electron chi connectivity index (χ3n) is 2.70. The number of hydrogen-bond acceptors (Lipinski definition) is 5. The molecular weight excluding hydrogens is 210 g/mol. The first-order chi connectivity index (χ1) is 7.70. The number of rotatable bonds is 3. The number of hydrogen-bond donors (Lipinski definition) is 2. The summed E-state index contributed by atoms with van der Waals surface area (Å²) in [7, 11) is 0. The van der Waals surface area contributed by atoms with E-state index in [1.807, 2.05) is 0 Å². The minimum atomic E-state index is -0.394. The largest absolute Gasteiger partial charge is 0.396 e. The molecule has 0 amide bonds. The molecule has 0 aromatic carbocycles. The van der Waals surface area contributed by atoms with Crippen molar-refractivity contribution >= 4 is 5.82 Å². The van der Waals surface area contributed by atoms with Crippen LogP contribution in [0.4, 0.5) is 5.82 Å². The molecule has 2 atom stereocenters. The lowest BCUT2D eigenvalue weighted by atomic mass is 10.2. The van der Waals surface area contributed by atoms with Gasteiger partial charge in [-0.05, 0) is 25.3 Å². The van der Waals surface area contributed by atoms with Crippen LogP contribution in [0.1, 0.15) is 25.5 Å². The number of aromatic nitrogens is 2. The van der Waals surface area contributed by atoms with Crippen molar-refractivity contribution in [1.82, 2.24) is 9.55 Å². The van der Waals surface area contributed by atoms with Gasteiger partial charge in [0.2, 0.25) is 0 Å². The Morgan fingerprint density at radius 2 is 2.44 bits per heavy atom. The zero-order valence-electron chi connectivity index (χ0n) is 8.87. The molecule has 1 fully saturated rings. The fraction of sp³-hybridized carbons (Fsp3) is 0.600. The van der Waals surface area contributed by atoms with Crippen molar-refractivity contribution in [2.75, 3.05) is 12.3 Å². The van der Waals surface area contributed by atoms with Gasteiger partial charge in [-0.1, -0.05) is 0 Å². The van der Waals surface area contributed by atoms with Gasteiger partial charge >= 0.3 is 5.69 Å². The Hall–Kier alpha value is -1.40. The Labute approximate surface area is 92.7 Å². The molecule has 1 aliphatic heterocycles. The van der Waals surface area contributed by atoms with Crippen LogP contribution in [-0.4, -0.2) is 27.4 Å². The average Bonchev–Trinajstić information content (AvgIpc) is 2.67. The lowest BCUT2D eigenvalue weighted by Crippen LogP contribution is -2.27. The van der Waals surface area contributed by atoms with Gasteiger partial charge in [0.25, 0.3) is 0 Å². The van der Waals surface area contributed by atoms with E-state index in [4.69, 9.17) is 15.6 Å². The van der Waals surface area contributed by atoms with Crippen LogP contribution in [-0.2, 0) is 4.74 Å². The first-order valence-corrected chi connectivity index (χ1v) is 5.31. The quantitative estimate of drug-likeness (QED) is 0.748. The van der Waals surface area contributed by atoms with Crippen LogP contribution in [0.15, 0.2) is 17.1 Å². The summed E-state index contributed by atoms with van der Waals surface area (Å²) in [6.45, 7) is 0.103. The Morgan fingerprint density at radius 1 is 1.62 bits per heavy atom. The van der Waals surface area contributed by atoms with E-state index in [1.165, 1.54) is 4.57 Å². The van der Waals surface area contributed by atoms with Crippen molar-refractivity contribution < 1.29 is 9.84 Å². The molecule has 2 heterocycles. The highest BCUT2D eigenvalue weighted by Crippen LogP contribution is 2.28. The number of aliphatic hydroxyl groups is 1. The molecule has 1 aromatic rings. The molecule has 0 saturated carbocycles. The number of anilines is 1. The maximum atomic E-state index is 11.5. The molecule has 1 saturated heterocycles. The molecule has 1 aliphatic rings. The average molecular weight is 225 g/mol. The summed E-state index contributed by atoms with van der Waals surface area (Å²) in [5.41, 5.74) is 5.01. The van der Waals surface area contributed by atoms with Gasteiger partial charge in [0.05, 0.1) is 6.10 Å². The van der Waals surface area contributed by atoms with Crippen LogP contribution in [0, 0.1) is 0 Å². The topological polar surface area (TPSA) is 90.4 Å². The number of nitrogens with zero attached hydrogens (tertiary/aromatic N) is 2. The molecule has 6 heteroatoms. The van der Waals surface area contributed by atoms with Crippen LogP contribution in [0.3, 0.4) is 0 Å². The summed E-state index contributed by atoms with van der Waals surface area (Å²) in [6, 6.07) is 1.57. The van der Waals surface area contributed by atoms with Crippen LogP contribution < -0.4 is 11.4 Å². The van der Waals surface area contributed by atoms with E-state index in [2.05, 4.69) is 4.98 Å². The zero-order valence-corrected chi connectivity index (χ0v) is 8.87. The third-order valence-corrected chi connectivity index (χ3v) is 2.70. The first-order valence-electron chi connectivity index (χ1n) is 5.31. The van der Waals surface area contributed by atoms with Crippen LogP contribution in [0.5, 0.6) is 0 Å². The number of aliphatic hydroxyl groups excluding tert-OH is 1. The Morgan fingerprint density at radius 3 is 3.12 bits per heavy atom. The Balaban J connectivity index is 2.11. The van der Waals surface area contributed by atoms with Gasteiger partial charge in [-0.25, -0.2) is 4.79 Å². The molecule has 2 rings (SSSR count). The summed E-state index contributed by atoms with van der Waals surface area (Å²) in [5.74, 6) is 0.214. The lowest BCUT2D eigenvalue weighted by Gasteiger charge is -2.14. The van der Waals surface area contributed by atoms with Crippen molar-refractivity contribution in [2.45, 2.75) is 31.6 Å². The summed E-state index contributed by atoms with van der Waals surface area (Å²) < 4.78 is 7.07. The van der Waals surface area contributed by atoms with Crippen molar-refractivity contribution in [3.63, 3.8) is 0 Å². The van der Waals surface area contributed by atoms with Crippen LogP contribution in [0.2, 0.25) is 0 Å². The summed E-state index contributed by atoms with van der Waals surface area (Å²) >= 11 is 0. The van der Waals surface area contributed by atoms with Crippen molar-refractivity contribution in [2.24, 2.45) is 0 Å². The lowest BCUT2D eigenvalue weighted by molar-refractivity contribution is -0.0101. The van der Waals surface area contributed by atoms with Gasteiger partial charge in [-0.3, -0.25) is 4.57 Å². The molecule has 0 aliphatic carbocycles. The zero-order chi connectivity index (χ0) is 11.5. The fourth-order valence-electron chi connectivity index (χ4n) is 1.89. The summed E-state index contributed by atoms with van der Waals surface area (Å²) in [4.78, 5) is 15.2. The first kappa shape index (κ1) is 11.1. The predicted octanol–water partition coefficient (Wildman–Crippen LogP) is -0.115. The highest BCUT2D eigenvalue weighted by molar-refractivity contribution is 5.23. The normalized spacial score (nSPS) is 24.8. The van der Waals surface area contributed by atoms with E-state index in [1.54, 1.807) is 12.3 Å². The van der Waals surface area contributed by atoms with E-state index in [9.17, 15) is 4.79 Å². The molecule has 16 heavy (non-hydrogen) atoms. The SMILES string of the molecule is Nc1ccn([C@H]2CC[C@@H](CCO)O2)c(=O)n1.